The number of aromatic nitrogens is 2. The summed E-state index contributed by atoms with van der Waals surface area (Å²) in [7, 11) is 0. The average molecular weight is 495 g/mol. The van der Waals surface area contributed by atoms with Crippen LogP contribution in [0.25, 0.3) is 11.8 Å². The standard InChI is InChI=1S/C23H19BrN4O4/c1-12-4-6-15(7-5-12)28-22(31)17(14(3)26-28)11-18-20(29)25-23(32)27(21(18)30)16-8-9-19(24)13(2)10-16/h4-11,30H,1-3H3,(H,25,29,32)/b17-11-. The van der Waals surface area contributed by atoms with Crippen molar-refractivity contribution < 1.29 is 9.90 Å². The van der Waals surface area contributed by atoms with E-state index in [9.17, 15) is 19.5 Å². The molecule has 1 aromatic heterocycles. The highest BCUT2D eigenvalue weighted by Crippen LogP contribution is 2.27. The largest absolute Gasteiger partial charge is 0.494 e. The molecular weight excluding hydrogens is 476 g/mol. The fourth-order valence-corrected chi connectivity index (χ4v) is 3.61. The normalized spacial score (nSPS) is 14.9. The van der Waals surface area contributed by atoms with Crippen molar-refractivity contribution in [2.45, 2.75) is 20.8 Å². The number of aryl methyl sites for hydroxylation is 2. The van der Waals surface area contributed by atoms with Gasteiger partial charge in [0, 0.05) is 4.47 Å². The van der Waals surface area contributed by atoms with Gasteiger partial charge in [-0.15, -0.1) is 0 Å². The molecule has 0 aliphatic carbocycles. The predicted molar refractivity (Wildman–Crippen MR) is 127 cm³/mol. The molecule has 0 saturated heterocycles. The molecule has 8 nitrogen and oxygen atoms in total. The number of hydrogen-bond acceptors (Lipinski definition) is 5. The SMILES string of the molecule is CC1=NN(c2ccc(C)cc2)C(=O)/C1=C\c1c(O)n(-c2ccc(Br)c(C)c2)c(=O)[nH]c1=O. The molecule has 4 rings (SSSR count). The van der Waals surface area contributed by atoms with E-state index < -0.39 is 23.0 Å². The van der Waals surface area contributed by atoms with Crippen LogP contribution in [0.2, 0.25) is 0 Å². The predicted octanol–water partition coefficient (Wildman–Crippen LogP) is 3.42. The highest BCUT2D eigenvalue weighted by atomic mass is 79.9. The number of aromatic hydroxyl groups is 1. The zero-order chi connectivity index (χ0) is 23.2. The summed E-state index contributed by atoms with van der Waals surface area (Å²) in [5.74, 6) is -1.01. The van der Waals surface area contributed by atoms with E-state index in [2.05, 4.69) is 26.0 Å². The summed E-state index contributed by atoms with van der Waals surface area (Å²) in [6, 6.07) is 12.3. The van der Waals surface area contributed by atoms with E-state index in [0.29, 0.717) is 17.1 Å². The Kier molecular flexibility index (Phi) is 5.43. The quantitative estimate of drug-likeness (QED) is 0.543. The maximum atomic E-state index is 13.0. The Bertz CT molecular complexity index is 1430. The lowest BCUT2D eigenvalue weighted by atomic mass is 10.1. The first-order valence-corrected chi connectivity index (χ1v) is 10.5. The van der Waals surface area contributed by atoms with E-state index in [1.807, 2.05) is 26.0 Å². The van der Waals surface area contributed by atoms with Gasteiger partial charge in [0.05, 0.1) is 22.7 Å². The van der Waals surface area contributed by atoms with Crippen LogP contribution in [0.3, 0.4) is 0 Å². The van der Waals surface area contributed by atoms with Crippen LogP contribution in [-0.2, 0) is 4.79 Å². The second-order valence-electron chi connectivity index (χ2n) is 7.46. The Morgan fingerprint density at radius 1 is 1.00 bits per heavy atom. The van der Waals surface area contributed by atoms with Crippen molar-refractivity contribution in [3.63, 3.8) is 0 Å². The Morgan fingerprint density at radius 3 is 2.31 bits per heavy atom. The van der Waals surface area contributed by atoms with Gasteiger partial charge in [-0.1, -0.05) is 33.6 Å². The molecule has 1 amide bonds. The lowest BCUT2D eigenvalue weighted by Gasteiger charge is -2.12. The number of amides is 1. The molecule has 1 aliphatic heterocycles. The van der Waals surface area contributed by atoms with E-state index in [0.717, 1.165) is 20.2 Å². The number of aromatic amines is 1. The summed E-state index contributed by atoms with van der Waals surface area (Å²) in [5, 5.41) is 16.4. The van der Waals surface area contributed by atoms with Crippen LogP contribution in [-0.4, -0.2) is 26.3 Å². The van der Waals surface area contributed by atoms with Gasteiger partial charge in [-0.25, -0.2) is 9.36 Å². The molecule has 9 heteroatoms. The zero-order valence-corrected chi connectivity index (χ0v) is 19.1. The number of halogens is 1. The third kappa shape index (κ3) is 3.71. The van der Waals surface area contributed by atoms with Gasteiger partial charge in [-0.05, 0) is 62.7 Å². The van der Waals surface area contributed by atoms with E-state index in [1.165, 1.54) is 11.1 Å². The van der Waals surface area contributed by atoms with Crippen molar-refractivity contribution in [2.24, 2.45) is 5.10 Å². The molecule has 3 aromatic rings. The van der Waals surface area contributed by atoms with Crippen LogP contribution >= 0.6 is 15.9 Å². The van der Waals surface area contributed by atoms with Gasteiger partial charge in [0.2, 0.25) is 5.88 Å². The van der Waals surface area contributed by atoms with Gasteiger partial charge >= 0.3 is 5.69 Å². The number of carbonyl (C=O) groups excluding carboxylic acids is 1. The Labute approximate surface area is 191 Å². The summed E-state index contributed by atoms with van der Waals surface area (Å²) in [5.41, 5.74) is 1.54. The lowest BCUT2D eigenvalue weighted by molar-refractivity contribution is -0.114. The zero-order valence-electron chi connectivity index (χ0n) is 17.5. The Morgan fingerprint density at radius 2 is 1.66 bits per heavy atom. The Hall–Kier alpha value is -3.72. The van der Waals surface area contributed by atoms with E-state index in [4.69, 9.17) is 0 Å². The molecule has 2 heterocycles. The van der Waals surface area contributed by atoms with Gasteiger partial charge in [-0.2, -0.15) is 10.1 Å². The number of rotatable bonds is 3. The Balaban J connectivity index is 1.82. The highest BCUT2D eigenvalue weighted by Gasteiger charge is 2.29. The third-order valence-electron chi connectivity index (χ3n) is 5.15. The van der Waals surface area contributed by atoms with Gasteiger partial charge in [0.1, 0.15) is 5.56 Å². The number of hydrogen-bond donors (Lipinski definition) is 2. The maximum absolute atomic E-state index is 13.0. The minimum atomic E-state index is -0.806. The summed E-state index contributed by atoms with van der Waals surface area (Å²) >= 11 is 3.39. The molecule has 2 N–H and O–H groups in total. The van der Waals surface area contributed by atoms with Crippen LogP contribution < -0.4 is 16.3 Å². The fourth-order valence-electron chi connectivity index (χ4n) is 3.37. The first kappa shape index (κ1) is 21.5. The van der Waals surface area contributed by atoms with Crippen molar-refractivity contribution in [1.29, 1.82) is 0 Å². The summed E-state index contributed by atoms with van der Waals surface area (Å²) in [4.78, 5) is 40.2. The minimum Gasteiger partial charge on any atom is -0.494 e. The van der Waals surface area contributed by atoms with Crippen molar-refractivity contribution >= 4 is 39.3 Å². The van der Waals surface area contributed by atoms with Crippen LogP contribution in [0.15, 0.2) is 67.2 Å². The molecule has 0 fully saturated rings. The first-order chi connectivity index (χ1) is 15.2. The lowest BCUT2D eigenvalue weighted by Crippen LogP contribution is -2.30. The van der Waals surface area contributed by atoms with Crippen LogP contribution in [0.5, 0.6) is 5.88 Å². The van der Waals surface area contributed by atoms with Crippen molar-refractivity contribution in [3.8, 4) is 11.6 Å². The molecule has 162 valence electrons. The molecule has 0 saturated carbocycles. The van der Waals surface area contributed by atoms with Crippen LogP contribution in [0.4, 0.5) is 5.69 Å². The smallest absolute Gasteiger partial charge is 0.335 e. The van der Waals surface area contributed by atoms with Crippen molar-refractivity contribution in [2.75, 3.05) is 5.01 Å². The van der Waals surface area contributed by atoms with Gasteiger partial charge < -0.3 is 5.11 Å². The van der Waals surface area contributed by atoms with E-state index >= 15 is 0 Å². The van der Waals surface area contributed by atoms with Crippen molar-refractivity contribution in [1.82, 2.24) is 9.55 Å². The van der Waals surface area contributed by atoms with E-state index in [1.54, 1.807) is 37.3 Å². The number of anilines is 1. The van der Waals surface area contributed by atoms with Crippen LogP contribution in [0.1, 0.15) is 23.6 Å². The molecule has 0 atom stereocenters. The van der Waals surface area contributed by atoms with Gasteiger partial charge in [-0.3, -0.25) is 14.6 Å². The molecule has 2 aromatic carbocycles. The first-order valence-electron chi connectivity index (χ1n) is 9.70. The molecule has 0 unspecified atom stereocenters. The minimum absolute atomic E-state index is 0.142. The number of benzene rings is 2. The molecular formula is C23H19BrN4O4. The van der Waals surface area contributed by atoms with Gasteiger partial charge in [0.25, 0.3) is 11.5 Å². The van der Waals surface area contributed by atoms with Gasteiger partial charge in [0.15, 0.2) is 0 Å². The molecule has 0 spiro atoms. The fraction of sp³-hybridized carbons (Fsp3) is 0.130. The van der Waals surface area contributed by atoms with Crippen molar-refractivity contribution in [3.05, 3.63) is 90.0 Å². The average Bonchev–Trinajstić information content (AvgIpc) is 3.02. The number of nitrogens with zero attached hydrogens (tertiary/aromatic N) is 3. The monoisotopic (exact) mass is 494 g/mol. The maximum Gasteiger partial charge on any atom is 0.335 e. The topological polar surface area (TPSA) is 108 Å². The molecule has 0 bridgehead atoms. The second-order valence-corrected chi connectivity index (χ2v) is 8.32. The van der Waals surface area contributed by atoms with E-state index in [-0.39, 0.29) is 11.1 Å². The number of hydrazone groups is 1. The van der Waals surface area contributed by atoms with Crippen LogP contribution in [0, 0.1) is 13.8 Å². The summed E-state index contributed by atoms with van der Waals surface area (Å²) in [6.07, 6.45) is 1.26. The molecule has 1 aliphatic rings. The molecule has 32 heavy (non-hydrogen) atoms. The number of nitrogens with one attached hydrogen (secondary N) is 1. The summed E-state index contributed by atoms with van der Waals surface area (Å²) < 4.78 is 1.82. The summed E-state index contributed by atoms with van der Waals surface area (Å²) in [6.45, 7) is 5.41. The number of H-pyrrole nitrogens is 1. The highest BCUT2D eigenvalue weighted by molar-refractivity contribution is 9.10. The molecule has 0 radical (unpaired) electrons. The number of carbonyl (C=O) groups is 1. The third-order valence-corrected chi connectivity index (χ3v) is 6.04. The second kappa shape index (κ2) is 8.08.